The molecular weight excluding hydrogens is 210 g/mol. The zero-order valence-electron chi connectivity index (χ0n) is 11.0. The van der Waals surface area contributed by atoms with Crippen LogP contribution in [0.1, 0.15) is 57.6 Å². The van der Waals surface area contributed by atoms with E-state index in [1.54, 1.807) is 0 Å². The van der Waals surface area contributed by atoms with Crippen LogP contribution in [0, 0.1) is 0 Å². The van der Waals surface area contributed by atoms with Crippen molar-refractivity contribution in [1.82, 2.24) is 0 Å². The van der Waals surface area contributed by atoms with E-state index in [4.69, 9.17) is 5.73 Å². The highest BCUT2D eigenvalue weighted by Gasteiger charge is 2.27. The summed E-state index contributed by atoms with van der Waals surface area (Å²) in [6.45, 7) is 4.21. The Morgan fingerprint density at radius 1 is 1.12 bits per heavy atom. The van der Waals surface area contributed by atoms with E-state index in [9.17, 15) is 5.11 Å². The third kappa shape index (κ3) is 4.49. The van der Waals surface area contributed by atoms with Crippen molar-refractivity contribution in [1.29, 1.82) is 0 Å². The molecule has 0 fully saturated rings. The third-order valence-corrected chi connectivity index (χ3v) is 3.26. The lowest BCUT2D eigenvalue weighted by atomic mass is 9.84. The fraction of sp³-hybridized carbons (Fsp3) is 0.600. The van der Waals surface area contributed by atoms with Crippen LogP contribution in [-0.2, 0) is 0 Å². The zero-order chi connectivity index (χ0) is 12.7. The van der Waals surface area contributed by atoms with Crippen LogP contribution in [0.15, 0.2) is 30.3 Å². The molecule has 0 aromatic heterocycles. The first-order chi connectivity index (χ1) is 8.11. The van der Waals surface area contributed by atoms with E-state index in [2.05, 4.69) is 13.8 Å². The van der Waals surface area contributed by atoms with E-state index in [1.807, 2.05) is 30.3 Å². The molecule has 96 valence electrons. The molecule has 0 saturated heterocycles. The molecule has 1 aromatic carbocycles. The maximum atomic E-state index is 10.6. The van der Waals surface area contributed by atoms with Gasteiger partial charge in [-0.3, -0.25) is 0 Å². The van der Waals surface area contributed by atoms with Crippen LogP contribution in [0.5, 0.6) is 0 Å². The van der Waals surface area contributed by atoms with Crippen molar-refractivity contribution in [2.75, 3.05) is 0 Å². The van der Waals surface area contributed by atoms with Gasteiger partial charge in [0, 0.05) is 6.04 Å². The van der Waals surface area contributed by atoms with Gasteiger partial charge in [0.15, 0.2) is 0 Å². The van der Waals surface area contributed by atoms with Crippen LogP contribution in [0.25, 0.3) is 0 Å². The lowest BCUT2D eigenvalue weighted by Gasteiger charge is -2.30. The highest BCUT2D eigenvalue weighted by Crippen LogP contribution is 2.29. The highest BCUT2D eigenvalue weighted by atomic mass is 16.3. The molecule has 2 heteroatoms. The fourth-order valence-corrected chi connectivity index (χ4v) is 2.49. The van der Waals surface area contributed by atoms with Gasteiger partial charge in [0.05, 0.1) is 5.60 Å². The van der Waals surface area contributed by atoms with Crippen molar-refractivity contribution < 1.29 is 5.11 Å². The molecule has 0 aliphatic carbocycles. The van der Waals surface area contributed by atoms with E-state index in [1.165, 1.54) is 0 Å². The lowest BCUT2D eigenvalue weighted by Crippen LogP contribution is -2.33. The molecule has 1 unspecified atom stereocenters. The number of benzene rings is 1. The SMILES string of the molecule is CCCC(O)(CCC)CC(N)c1ccccc1. The Labute approximate surface area is 105 Å². The van der Waals surface area contributed by atoms with Crippen molar-refractivity contribution >= 4 is 0 Å². The van der Waals surface area contributed by atoms with Gasteiger partial charge in [0.25, 0.3) is 0 Å². The van der Waals surface area contributed by atoms with E-state index in [0.29, 0.717) is 6.42 Å². The van der Waals surface area contributed by atoms with Gasteiger partial charge in [0.1, 0.15) is 0 Å². The first-order valence-corrected chi connectivity index (χ1v) is 6.64. The number of aliphatic hydroxyl groups is 1. The molecule has 17 heavy (non-hydrogen) atoms. The largest absolute Gasteiger partial charge is 0.390 e. The third-order valence-electron chi connectivity index (χ3n) is 3.26. The minimum absolute atomic E-state index is 0.0701. The number of hydrogen-bond acceptors (Lipinski definition) is 2. The van der Waals surface area contributed by atoms with E-state index in [0.717, 1.165) is 31.2 Å². The molecule has 1 rings (SSSR count). The summed E-state index contributed by atoms with van der Waals surface area (Å²) in [5.41, 5.74) is 6.69. The summed E-state index contributed by atoms with van der Waals surface area (Å²) in [5.74, 6) is 0. The Balaban J connectivity index is 2.67. The van der Waals surface area contributed by atoms with Crippen molar-refractivity contribution in [2.45, 2.75) is 57.6 Å². The van der Waals surface area contributed by atoms with E-state index in [-0.39, 0.29) is 6.04 Å². The van der Waals surface area contributed by atoms with Crippen molar-refractivity contribution in [3.05, 3.63) is 35.9 Å². The maximum Gasteiger partial charge on any atom is 0.0665 e. The smallest absolute Gasteiger partial charge is 0.0665 e. The van der Waals surface area contributed by atoms with Crippen LogP contribution < -0.4 is 5.73 Å². The summed E-state index contributed by atoms with van der Waals surface area (Å²) >= 11 is 0. The van der Waals surface area contributed by atoms with E-state index >= 15 is 0 Å². The molecule has 0 aliphatic rings. The van der Waals surface area contributed by atoms with Crippen LogP contribution in [0.3, 0.4) is 0 Å². The minimum atomic E-state index is -0.598. The van der Waals surface area contributed by atoms with Gasteiger partial charge in [-0.05, 0) is 24.8 Å². The van der Waals surface area contributed by atoms with Crippen LogP contribution in [-0.4, -0.2) is 10.7 Å². The second-order valence-electron chi connectivity index (χ2n) is 4.95. The maximum absolute atomic E-state index is 10.6. The first kappa shape index (κ1) is 14.2. The Bertz CT molecular complexity index is 304. The van der Waals surface area contributed by atoms with Gasteiger partial charge < -0.3 is 10.8 Å². The number of rotatable bonds is 7. The van der Waals surface area contributed by atoms with Gasteiger partial charge in [-0.25, -0.2) is 0 Å². The standard InChI is InChI=1S/C15H25NO/c1-3-10-15(17,11-4-2)12-14(16)13-8-6-5-7-9-13/h5-9,14,17H,3-4,10-12,16H2,1-2H3. The predicted molar refractivity (Wildman–Crippen MR) is 72.8 cm³/mol. The summed E-state index contributed by atoms with van der Waals surface area (Å²) in [7, 11) is 0. The molecule has 0 saturated carbocycles. The van der Waals surface area contributed by atoms with Crippen molar-refractivity contribution in [3.63, 3.8) is 0 Å². The van der Waals surface area contributed by atoms with Crippen LogP contribution in [0.2, 0.25) is 0 Å². The summed E-state index contributed by atoms with van der Waals surface area (Å²) in [6, 6.07) is 9.97. The molecule has 0 amide bonds. The average molecular weight is 235 g/mol. The lowest BCUT2D eigenvalue weighted by molar-refractivity contribution is 0.00669. The molecule has 0 bridgehead atoms. The molecule has 1 aromatic rings. The predicted octanol–water partition coefficient (Wildman–Crippen LogP) is 3.41. The molecule has 0 radical (unpaired) electrons. The molecular formula is C15H25NO. The van der Waals surface area contributed by atoms with Crippen LogP contribution in [0.4, 0.5) is 0 Å². The summed E-state index contributed by atoms with van der Waals surface area (Å²) in [5, 5.41) is 10.6. The van der Waals surface area contributed by atoms with Gasteiger partial charge in [-0.1, -0.05) is 57.0 Å². The molecule has 0 aliphatic heterocycles. The Morgan fingerprint density at radius 3 is 2.12 bits per heavy atom. The topological polar surface area (TPSA) is 46.2 Å². The van der Waals surface area contributed by atoms with Gasteiger partial charge >= 0.3 is 0 Å². The second kappa shape index (κ2) is 6.77. The van der Waals surface area contributed by atoms with Crippen molar-refractivity contribution in [2.24, 2.45) is 5.73 Å². The second-order valence-corrected chi connectivity index (χ2v) is 4.95. The van der Waals surface area contributed by atoms with Crippen LogP contribution >= 0.6 is 0 Å². The van der Waals surface area contributed by atoms with Gasteiger partial charge in [0.2, 0.25) is 0 Å². The quantitative estimate of drug-likeness (QED) is 0.760. The fourth-order valence-electron chi connectivity index (χ4n) is 2.49. The minimum Gasteiger partial charge on any atom is -0.390 e. The normalized spacial score (nSPS) is 13.6. The summed E-state index contributed by atoms with van der Waals surface area (Å²) in [4.78, 5) is 0. The molecule has 0 heterocycles. The Morgan fingerprint density at radius 2 is 1.65 bits per heavy atom. The summed E-state index contributed by atoms with van der Waals surface area (Å²) < 4.78 is 0. The molecule has 0 spiro atoms. The van der Waals surface area contributed by atoms with Gasteiger partial charge in [-0.15, -0.1) is 0 Å². The van der Waals surface area contributed by atoms with Crippen molar-refractivity contribution in [3.8, 4) is 0 Å². The first-order valence-electron chi connectivity index (χ1n) is 6.64. The van der Waals surface area contributed by atoms with E-state index < -0.39 is 5.60 Å². The van der Waals surface area contributed by atoms with Gasteiger partial charge in [-0.2, -0.15) is 0 Å². The Hall–Kier alpha value is -0.860. The highest BCUT2D eigenvalue weighted by molar-refractivity contribution is 5.18. The summed E-state index contributed by atoms with van der Waals surface area (Å²) in [6.07, 6.45) is 4.32. The number of nitrogens with two attached hydrogens (primary N) is 1. The Kier molecular flexibility index (Phi) is 5.66. The molecule has 1 atom stereocenters. The number of hydrogen-bond donors (Lipinski definition) is 2. The zero-order valence-corrected chi connectivity index (χ0v) is 11.0. The molecule has 2 nitrogen and oxygen atoms in total. The monoisotopic (exact) mass is 235 g/mol. The molecule has 3 N–H and O–H groups in total. The average Bonchev–Trinajstić information content (AvgIpc) is 2.30.